The summed E-state index contributed by atoms with van der Waals surface area (Å²) in [5.74, 6) is 0. The van der Waals surface area contributed by atoms with Gasteiger partial charge in [0.25, 0.3) is 0 Å². The first-order valence-electron chi connectivity index (χ1n) is 3.51. The Morgan fingerprint density at radius 3 is 2.89 bits per heavy atom. The molecular formula is C6H13FN2. The van der Waals surface area contributed by atoms with Crippen molar-refractivity contribution in [2.75, 3.05) is 26.2 Å². The fraction of sp³-hybridized carbons (Fsp3) is 1.00. The highest BCUT2D eigenvalue weighted by Crippen LogP contribution is 1.96. The zero-order chi connectivity index (χ0) is 6.53. The predicted octanol–water partition coefficient (Wildman–Crippen LogP) is 0.556. The molecule has 0 radical (unpaired) electrons. The molecule has 2 nitrogen and oxygen atoms in total. The van der Waals surface area contributed by atoms with Crippen LogP contribution in [0, 0.1) is 0 Å². The third-order valence-corrected chi connectivity index (χ3v) is 1.54. The quantitative estimate of drug-likeness (QED) is 0.484. The van der Waals surface area contributed by atoms with E-state index < -0.39 is 0 Å². The minimum atomic E-state index is 0.542. The van der Waals surface area contributed by atoms with Gasteiger partial charge >= 0.3 is 0 Å². The first kappa shape index (κ1) is 6.96. The fourth-order valence-electron chi connectivity index (χ4n) is 0.971. The van der Waals surface area contributed by atoms with Crippen molar-refractivity contribution in [1.29, 1.82) is 0 Å². The summed E-state index contributed by atoms with van der Waals surface area (Å²) < 4.78 is 12.4. The highest BCUT2D eigenvalue weighted by Gasteiger charge is 2.03. The third kappa shape index (κ3) is 2.77. The van der Waals surface area contributed by atoms with E-state index in [2.05, 4.69) is 5.32 Å². The maximum absolute atomic E-state index is 12.4. The van der Waals surface area contributed by atoms with Gasteiger partial charge in [-0.25, -0.2) is 0 Å². The first-order chi connectivity index (χ1) is 4.39. The maximum Gasteiger partial charge on any atom is 0.0415 e. The van der Waals surface area contributed by atoms with Gasteiger partial charge in [0, 0.05) is 19.6 Å². The van der Waals surface area contributed by atoms with E-state index in [1.165, 1.54) is 0 Å². The molecule has 0 unspecified atom stereocenters. The molecule has 0 amide bonds. The van der Waals surface area contributed by atoms with Crippen LogP contribution in [0.2, 0.25) is 0 Å². The average Bonchev–Trinajstić information content (AvgIpc) is 1.79. The SMILES string of the molecule is FN1CCCCNCC1. The lowest BCUT2D eigenvalue weighted by atomic mass is 10.3. The molecule has 1 N–H and O–H groups in total. The van der Waals surface area contributed by atoms with Crippen molar-refractivity contribution in [3.8, 4) is 0 Å². The molecule has 1 aliphatic rings. The van der Waals surface area contributed by atoms with Crippen LogP contribution < -0.4 is 5.32 Å². The molecule has 1 fully saturated rings. The van der Waals surface area contributed by atoms with Gasteiger partial charge in [-0.1, -0.05) is 0 Å². The van der Waals surface area contributed by atoms with E-state index >= 15 is 0 Å². The number of hydrogen-bond acceptors (Lipinski definition) is 2. The Morgan fingerprint density at radius 1 is 1.11 bits per heavy atom. The number of rotatable bonds is 0. The molecule has 54 valence electrons. The summed E-state index contributed by atoms with van der Waals surface area (Å²) in [6.07, 6.45) is 2.07. The van der Waals surface area contributed by atoms with Crippen molar-refractivity contribution in [2.24, 2.45) is 0 Å². The zero-order valence-corrected chi connectivity index (χ0v) is 5.57. The maximum atomic E-state index is 12.4. The number of nitrogens with zero attached hydrogens (tertiary/aromatic N) is 1. The van der Waals surface area contributed by atoms with E-state index in [1.54, 1.807) is 0 Å². The topological polar surface area (TPSA) is 15.3 Å². The smallest absolute Gasteiger partial charge is 0.0415 e. The van der Waals surface area contributed by atoms with Gasteiger partial charge in [-0.15, -0.1) is 9.60 Å². The van der Waals surface area contributed by atoms with Crippen molar-refractivity contribution in [3.63, 3.8) is 0 Å². The van der Waals surface area contributed by atoms with Crippen molar-refractivity contribution in [2.45, 2.75) is 12.8 Å². The summed E-state index contributed by atoms with van der Waals surface area (Å²) in [6, 6.07) is 0. The largest absolute Gasteiger partial charge is 0.315 e. The molecule has 9 heavy (non-hydrogen) atoms. The minimum absolute atomic E-state index is 0.542. The average molecular weight is 132 g/mol. The van der Waals surface area contributed by atoms with Crippen LogP contribution in [0.5, 0.6) is 0 Å². The lowest BCUT2D eigenvalue weighted by Crippen LogP contribution is -2.31. The van der Waals surface area contributed by atoms with Crippen molar-refractivity contribution < 1.29 is 4.48 Å². The van der Waals surface area contributed by atoms with E-state index in [0.717, 1.165) is 31.1 Å². The molecule has 3 heteroatoms. The molecular weight excluding hydrogens is 119 g/mol. The Kier molecular flexibility index (Phi) is 2.94. The molecule has 0 spiro atoms. The van der Waals surface area contributed by atoms with Crippen molar-refractivity contribution >= 4 is 0 Å². The van der Waals surface area contributed by atoms with Crippen LogP contribution in [0.1, 0.15) is 12.8 Å². The Bertz CT molecular complexity index is 69.5. The first-order valence-corrected chi connectivity index (χ1v) is 3.51. The van der Waals surface area contributed by atoms with Crippen molar-refractivity contribution in [1.82, 2.24) is 10.4 Å². The molecule has 1 saturated heterocycles. The molecule has 1 heterocycles. The predicted molar refractivity (Wildman–Crippen MR) is 34.8 cm³/mol. The molecule has 0 aromatic rings. The Balaban J connectivity index is 2.12. The number of nitrogens with one attached hydrogen (secondary N) is 1. The summed E-state index contributed by atoms with van der Waals surface area (Å²) in [6.45, 7) is 2.99. The van der Waals surface area contributed by atoms with Gasteiger partial charge in [-0.05, 0) is 19.4 Å². The summed E-state index contributed by atoms with van der Waals surface area (Å²) in [5, 5.41) is 4.02. The van der Waals surface area contributed by atoms with E-state index in [9.17, 15) is 4.48 Å². The Morgan fingerprint density at radius 2 is 2.00 bits per heavy atom. The van der Waals surface area contributed by atoms with Gasteiger partial charge in [0.2, 0.25) is 0 Å². The van der Waals surface area contributed by atoms with Crippen LogP contribution in [0.25, 0.3) is 0 Å². The van der Waals surface area contributed by atoms with E-state index in [0.29, 0.717) is 13.1 Å². The molecule has 1 rings (SSSR count). The Labute approximate surface area is 55.0 Å². The highest BCUT2D eigenvalue weighted by molar-refractivity contribution is 4.56. The summed E-state index contributed by atoms with van der Waals surface area (Å²) in [5.41, 5.74) is 0. The molecule has 0 bridgehead atoms. The van der Waals surface area contributed by atoms with Crippen LogP contribution in [-0.2, 0) is 0 Å². The van der Waals surface area contributed by atoms with Crippen molar-refractivity contribution in [3.05, 3.63) is 0 Å². The van der Waals surface area contributed by atoms with Crippen LogP contribution in [0.3, 0.4) is 0 Å². The second-order valence-electron chi connectivity index (χ2n) is 2.37. The molecule has 0 aliphatic carbocycles. The fourth-order valence-corrected chi connectivity index (χ4v) is 0.971. The van der Waals surface area contributed by atoms with Crippen LogP contribution >= 0.6 is 0 Å². The zero-order valence-electron chi connectivity index (χ0n) is 5.57. The summed E-state index contributed by atoms with van der Waals surface area (Å²) in [7, 11) is 0. The standard InChI is InChI=1S/C6H13FN2/c7-9-5-2-1-3-8-4-6-9/h8H,1-6H2. The second kappa shape index (κ2) is 3.80. The number of hydrogen-bond donors (Lipinski definition) is 1. The van der Waals surface area contributed by atoms with Gasteiger partial charge in [0.1, 0.15) is 0 Å². The molecule has 0 atom stereocenters. The van der Waals surface area contributed by atoms with Crippen LogP contribution in [0.4, 0.5) is 4.48 Å². The van der Waals surface area contributed by atoms with Crippen LogP contribution in [0.15, 0.2) is 0 Å². The highest BCUT2D eigenvalue weighted by atomic mass is 19.2. The molecule has 0 aromatic heterocycles. The van der Waals surface area contributed by atoms with E-state index in [4.69, 9.17) is 0 Å². The molecule has 1 aliphatic heterocycles. The molecule has 0 aromatic carbocycles. The summed E-state index contributed by atoms with van der Waals surface area (Å²) >= 11 is 0. The number of halogens is 1. The van der Waals surface area contributed by atoms with Gasteiger partial charge in [-0.2, -0.15) is 0 Å². The lowest BCUT2D eigenvalue weighted by molar-refractivity contribution is 0.0213. The molecule has 0 saturated carbocycles. The monoisotopic (exact) mass is 132 g/mol. The van der Waals surface area contributed by atoms with Crippen LogP contribution in [-0.4, -0.2) is 31.3 Å². The van der Waals surface area contributed by atoms with Gasteiger partial charge in [-0.3, -0.25) is 0 Å². The third-order valence-electron chi connectivity index (χ3n) is 1.54. The lowest BCUT2D eigenvalue weighted by Gasteiger charge is -2.15. The van der Waals surface area contributed by atoms with E-state index in [-0.39, 0.29) is 0 Å². The Hall–Kier alpha value is -0.150. The van der Waals surface area contributed by atoms with Gasteiger partial charge in [0.05, 0.1) is 0 Å². The minimum Gasteiger partial charge on any atom is -0.315 e. The van der Waals surface area contributed by atoms with E-state index in [1.807, 2.05) is 0 Å². The normalized spacial score (nSPS) is 25.0. The van der Waals surface area contributed by atoms with Gasteiger partial charge in [0.15, 0.2) is 0 Å². The second-order valence-corrected chi connectivity index (χ2v) is 2.37. The van der Waals surface area contributed by atoms with Gasteiger partial charge < -0.3 is 5.32 Å². The summed E-state index contributed by atoms with van der Waals surface area (Å²) in [4.78, 5) is 0.